The lowest BCUT2D eigenvalue weighted by Gasteiger charge is -2.11. The summed E-state index contributed by atoms with van der Waals surface area (Å²) in [7, 11) is 1.59. The molecular weight excluding hydrogens is 330 g/mol. The maximum atomic E-state index is 12.5. The van der Waals surface area contributed by atoms with Crippen LogP contribution in [0.4, 0.5) is 0 Å². The van der Waals surface area contributed by atoms with Crippen LogP contribution >= 0.6 is 0 Å². The van der Waals surface area contributed by atoms with Crippen molar-refractivity contribution < 1.29 is 9.53 Å². The van der Waals surface area contributed by atoms with Crippen LogP contribution in [-0.4, -0.2) is 35.7 Å². The van der Waals surface area contributed by atoms with Gasteiger partial charge >= 0.3 is 0 Å². The smallest absolute Gasteiger partial charge is 0.272 e. The van der Waals surface area contributed by atoms with Crippen molar-refractivity contribution in [2.75, 3.05) is 20.3 Å². The highest BCUT2D eigenvalue weighted by molar-refractivity contribution is 5.94. The number of aromatic nitrogens is 2. The fourth-order valence-corrected chi connectivity index (χ4v) is 2.79. The molecule has 1 N–H and O–H groups in total. The fourth-order valence-electron chi connectivity index (χ4n) is 2.79. The summed E-state index contributed by atoms with van der Waals surface area (Å²) in [4.78, 5) is 28.9. The Morgan fingerprint density at radius 2 is 1.88 bits per heavy atom. The molecule has 0 saturated carbocycles. The lowest BCUT2D eigenvalue weighted by atomic mass is 10.1. The predicted molar refractivity (Wildman–Crippen MR) is 100 cm³/mol. The fraction of sp³-hybridized carbons (Fsp3) is 0.250. The van der Waals surface area contributed by atoms with E-state index in [0.29, 0.717) is 31.0 Å². The maximum Gasteiger partial charge on any atom is 0.272 e. The molecule has 0 saturated heterocycles. The first-order chi connectivity index (χ1) is 12.6. The van der Waals surface area contributed by atoms with Gasteiger partial charge in [0, 0.05) is 19.2 Å². The van der Waals surface area contributed by atoms with Gasteiger partial charge in [0.2, 0.25) is 0 Å². The van der Waals surface area contributed by atoms with Gasteiger partial charge in [-0.15, -0.1) is 0 Å². The van der Waals surface area contributed by atoms with Crippen molar-refractivity contribution in [3.05, 3.63) is 75.7 Å². The summed E-state index contributed by atoms with van der Waals surface area (Å²) in [5, 5.41) is 2.78. The van der Waals surface area contributed by atoms with Crippen LogP contribution in [0.15, 0.2) is 53.3 Å². The molecule has 3 aromatic rings. The number of carbonyl (C=O) groups is 1. The number of fused-ring (bicyclic) bond motifs is 1. The number of nitrogens with one attached hydrogen (secondary N) is 1. The molecule has 134 valence electrons. The quantitative estimate of drug-likeness (QED) is 0.691. The molecule has 0 aliphatic carbocycles. The number of carbonyl (C=O) groups excluding carboxylic acids is 1. The SMILES string of the molecule is COCCNC(=O)c1ccc(Cn2c(=O)c(C)nc3ccccc32)cc1. The van der Waals surface area contributed by atoms with Gasteiger partial charge in [-0.05, 0) is 36.8 Å². The largest absolute Gasteiger partial charge is 0.383 e. The second-order valence-electron chi connectivity index (χ2n) is 6.02. The van der Waals surface area contributed by atoms with Crippen molar-refractivity contribution >= 4 is 16.9 Å². The highest BCUT2D eigenvalue weighted by Gasteiger charge is 2.09. The number of hydrogen-bond acceptors (Lipinski definition) is 4. The van der Waals surface area contributed by atoms with E-state index in [1.54, 1.807) is 30.7 Å². The third-order valence-electron chi connectivity index (χ3n) is 4.16. The Morgan fingerprint density at radius 3 is 2.62 bits per heavy atom. The molecule has 6 heteroatoms. The second kappa shape index (κ2) is 7.93. The minimum Gasteiger partial charge on any atom is -0.383 e. The lowest BCUT2D eigenvalue weighted by Crippen LogP contribution is -2.27. The summed E-state index contributed by atoms with van der Waals surface area (Å²) in [5.41, 5.74) is 3.47. The molecule has 0 atom stereocenters. The highest BCUT2D eigenvalue weighted by Crippen LogP contribution is 2.13. The molecule has 0 unspecified atom stereocenters. The molecule has 0 aliphatic heterocycles. The van der Waals surface area contributed by atoms with Gasteiger partial charge in [-0.3, -0.25) is 9.59 Å². The molecule has 1 heterocycles. The van der Waals surface area contributed by atoms with Crippen LogP contribution in [0.1, 0.15) is 21.6 Å². The summed E-state index contributed by atoms with van der Waals surface area (Å²) in [6.07, 6.45) is 0. The zero-order valence-electron chi connectivity index (χ0n) is 14.9. The standard InChI is InChI=1S/C20H21N3O3/c1-14-20(25)23(18-6-4-3-5-17(18)22-14)13-15-7-9-16(10-8-15)19(24)21-11-12-26-2/h3-10H,11-13H2,1-2H3,(H,21,24). The van der Waals surface area contributed by atoms with E-state index in [0.717, 1.165) is 16.6 Å². The Bertz CT molecular complexity index is 978. The molecule has 0 spiro atoms. The number of amides is 1. The minimum atomic E-state index is -0.143. The number of benzene rings is 2. The van der Waals surface area contributed by atoms with Crippen molar-refractivity contribution in [2.24, 2.45) is 0 Å². The van der Waals surface area contributed by atoms with Gasteiger partial charge in [-0.2, -0.15) is 0 Å². The molecule has 6 nitrogen and oxygen atoms in total. The van der Waals surface area contributed by atoms with Gasteiger partial charge in [-0.1, -0.05) is 24.3 Å². The number of aryl methyl sites for hydroxylation is 1. The molecule has 26 heavy (non-hydrogen) atoms. The Hall–Kier alpha value is -2.99. The van der Waals surface area contributed by atoms with Gasteiger partial charge in [-0.25, -0.2) is 4.98 Å². The van der Waals surface area contributed by atoms with E-state index in [1.165, 1.54) is 0 Å². The number of rotatable bonds is 6. The Balaban J connectivity index is 1.84. The molecule has 0 aliphatic rings. The van der Waals surface area contributed by atoms with Gasteiger partial charge in [0.05, 0.1) is 24.2 Å². The molecule has 3 rings (SSSR count). The summed E-state index contributed by atoms with van der Waals surface area (Å²) in [6, 6.07) is 14.8. The van der Waals surface area contributed by atoms with Crippen LogP contribution in [0.5, 0.6) is 0 Å². The van der Waals surface area contributed by atoms with Crippen LogP contribution in [0.2, 0.25) is 0 Å². The van der Waals surface area contributed by atoms with Crippen molar-refractivity contribution in [3.8, 4) is 0 Å². The second-order valence-corrected chi connectivity index (χ2v) is 6.02. The van der Waals surface area contributed by atoms with E-state index in [2.05, 4.69) is 10.3 Å². The number of para-hydroxylation sites is 2. The third-order valence-corrected chi connectivity index (χ3v) is 4.16. The van der Waals surface area contributed by atoms with E-state index in [1.807, 2.05) is 36.4 Å². The molecule has 2 aromatic carbocycles. The Kier molecular flexibility index (Phi) is 5.43. The number of methoxy groups -OCH3 is 1. The summed E-state index contributed by atoms with van der Waals surface area (Å²) >= 11 is 0. The number of ether oxygens (including phenoxy) is 1. The topological polar surface area (TPSA) is 73.2 Å². The van der Waals surface area contributed by atoms with Crippen molar-refractivity contribution in [1.29, 1.82) is 0 Å². The van der Waals surface area contributed by atoms with Gasteiger partial charge < -0.3 is 14.6 Å². The molecule has 0 bridgehead atoms. The average molecular weight is 351 g/mol. The van der Waals surface area contributed by atoms with Gasteiger partial charge in [0.15, 0.2) is 0 Å². The van der Waals surface area contributed by atoms with E-state index < -0.39 is 0 Å². The van der Waals surface area contributed by atoms with Crippen LogP contribution in [-0.2, 0) is 11.3 Å². The van der Waals surface area contributed by atoms with E-state index in [9.17, 15) is 9.59 Å². The third kappa shape index (κ3) is 3.81. The van der Waals surface area contributed by atoms with Crippen LogP contribution in [0, 0.1) is 6.92 Å². The van der Waals surface area contributed by atoms with Crippen LogP contribution in [0.25, 0.3) is 11.0 Å². The Labute approximate surface area is 151 Å². The molecule has 0 radical (unpaired) electrons. The van der Waals surface area contributed by atoms with Crippen LogP contribution < -0.4 is 10.9 Å². The zero-order chi connectivity index (χ0) is 18.5. The molecule has 1 aromatic heterocycles. The van der Waals surface area contributed by atoms with Crippen molar-refractivity contribution in [1.82, 2.24) is 14.9 Å². The van der Waals surface area contributed by atoms with E-state index in [-0.39, 0.29) is 11.5 Å². The van der Waals surface area contributed by atoms with Crippen LogP contribution in [0.3, 0.4) is 0 Å². The number of nitrogens with zero attached hydrogens (tertiary/aromatic N) is 2. The van der Waals surface area contributed by atoms with Gasteiger partial charge in [0.25, 0.3) is 11.5 Å². The molecular formula is C20H21N3O3. The minimum absolute atomic E-state index is 0.106. The monoisotopic (exact) mass is 351 g/mol. The summed E-state index contributed by atoms with van der Waals surface area (Å²) < 4.78 is 6.63. The highest BCUT2D eigenvalue weighted by atomic mass is 16.5. The average Bonchev–Trinajstić information content (AvgIpc) is 2.66. The zero-order valence-corrected chi connectivity index (χ0v) is 14.9. The van der Waals surface area contributed by atoms with Gasteiger partial charge in [0.1, 0.15) is 5.69 Å². The first-order valence-electron chi connectivity index (χ1n) is 8.42. The first-order valence-corrected chi connectivity index (χ1v) is 8.42. The maximum absolute atomic E-state index is 12.5. The van der Waals surface area contributed by atoms with Crippen molar-refractivity contribution in [2.45, 2.75) is 13.5 Å². The van der Waals surface area contributed by atoms with E-state index >= 15 is 0 Å². The Morgan fingerprint density at radius 1 is 1.15 bits per heavy atom. The van der Waals surface area contributed by atoms with E-state index in [4.69, 9.17) is 4.74 Å². The first kappa shape index (κ1) is 17.8. The van der Waals surface area contributed by atoms with Crippen molar-refractivity contribution in [3.63, 3.8) is 0 Å². The summed E-state index contributed by atoms with van der Waals surface area (Å²) in [5.74, 6) is -0.143. The molecule has 0 fully saturated rings. The number of hydrogen-bond donors (Lipinski definition) is 1. The molecule has 1 amide bonds. The predicted octanol–water partition coefficient (Wildman–Crippen LogP) is 2.13. The summed E-state index contributed by atoms with van der Waals surface area (Å²) in [6.45, 7) is 3.09. The normalized spacial score (nSPS) is 10.8. The lowest BCUT2D eigenvalue weighted by molar-refractivity contribution is 0.0937.